The second-order valence-electron chi connectivity index (χ2n) is 6.20. The lowest BCUT2D eigenvalue weighted by atomic mass is 9.93. The molecule has 1 fully saturated rings. The zero-order chi connectivity index (χ0) is 10.8. The lowest BCUT2D eigenvalue weighted by Crippen LogP contribution is -2.48. The Balaban J connectivity index is 2.30. The molecule has 0 saturated carbocycles. The van der Waals surface area contributed by atoms with Gasteiger partial charge < -0.3 is 10.2 Å². The highest BCUT2D eigenvalue weighted by molar-refractivity contribution is 4.81. The van der Waals surface area contributed by atoms with Gasteiger partial charge in [-0.15, -0.1) is 0 Å². The first kappa shape index (κ1) is 12.0. The molecule has 1 saturated heterocycles. The Morgan fingerprint density at radius 3 is 2.43 bits per heavy atom. The molecule has 0 bridgehead atoms. The molecular formula is C12H26N2. The van der Waals surface area contributed by atoms with Crippen LogP contribution in [0.2, 0.25) is 0 Å². The first-order valence-corrected chi connectivity index (χ1v) is 5.79. The maximum Gasteiger partial charge on any atom is 0.0198 e. The Bertz CT molecular complexity index is 162. The predicted octanol–water partition coefficient (Wildman–Crippen LogP) is 1.96. The van der Waals surface area contributed by atoms with Crippen LogP contribution in [0.1, 0.15) is 34.1 Å². The third kappa shape index (κ3) is 4.43. The molecular weight excluding hydrogens is 172 g/mol. The predicted molar refractivity (Wildman–Crippen MR) is 62.5 cm³/mol. The molecule has 0 aromatic carbocycles. The number of nitrogens with zero attached hydrogens (tertiary/aromatic N) is 1. The summed E-state index contributed by atoms with van der Waals surface area (Å²) >= 11 is 0. The summed E-state index contributed by atoms with van der Waals surface area (Å²) in [5.41, 5.74) is 0.402. The van der Waals surface area contributed by atoms with Gasteiger partial charge in [0, 0.05) is 25.7 Å². The van der Waals surface area contributed by atoms with E-state index >= 15 is 0 Å². The van der Waals surface area contributed by atoms with Crippen LogP contribution in [-0.2, 0) is 0 Å². The van der Waals surface area contributed by atoms with Gasteiger partial charge in [-0.3, -0.25) is 0 Å². The number of nitrogens with one attached hydrogen (secondary N) is 1. The van der Waals surface area contributed by atoms with Crippen molar-refractivity contribution >= 4 is 0 Å². The summed E-state index contributed by atoms with van der Waals surface area (Å²) in [5.74, 6) is 0.839. The normalized spacial score (nSPS) is 30.6. The molecule has 1 N–H and O–H groups in total. The van der Waals surface area contributed by atoms with Gasteiger partial charge in [0.1, 0.15) is 0 Å². The first-order valence-electron chi connectivity index (χ1n) is 5.79. The van der Waals surface area contributed by atoms with E-state index in [9.17, 15) is 0 Å². The molecule has 2 heteroatoms. The van der Waals surface area contributed by atoms with E-state index in [0.717, 1.165) is 12.5 Å². The van der Waals surface area contributed by atoms with Gasteiger partial charge in [0.05, 0.1) is 0 Å². The summed E-state index contributed by atoms with van der Waals surface area (Å²) in [5, 5.41) is 3.68. The van der Waals surface area contributed by atoms with Crippen LogP contribution >= 0.6 is 0 Å². The van der Waals surface area contributed by atoms with Crippen LogP contribution in [0.3, 0.4) is 0 Å². The molecule has 2 atom stereocenters. The second-order valence-corrected chi connectivity index (χ2v) is 6.20. The van der Waals surface area contributed by atoms with E-state index in [1.165, 1.54) is 19.5 Å². The molecule has 1 aliphatic heterocycles. The first-order chi connectivity index (χ1) is 6.37. The summed E-state index contributed by atoms with van der Waals surface area (Å²) in [4.78, 5) is 2.44. The third-order valence-corrected chi connectivity index (χ3v) is 2.76. The number of hydrogen-bond acceptors (Lipinski definition) is 2. The van der Waals surface area contributed by atoms with Crippen molar-refractivity contribution in [3.8, 4) is 0 Å². The maximum atomic E-state index is 3.68. The zero-order valence-corrected chi connectivity index (χ0v) is 10.4. The van der Waals surface area contributed by atoms with E-state index in [-0.39, 0.29) is 0 Å². The molecule has 0 aliphatic carbocycles. The maximum absolute atomic E-state index is 3.68. The summed E-state index contributed by atoms with van der Waals surface area (Å²) in [6, 6.07) is 0.697. The fourth-order valence-corrected chi connectivity index (χ4v) is 2.22. The number of likely N-dealkylation sites (N-methyl/N-ethyl adjacent to an activating group) is 1. The van der Waals surface area contributed by atoms with Gasteiger partial charge in [0.25, 0.3) is 0 Å². The highest BCUT2D eigenvalue weighted by Gasteiger charge is 2.23. The highest BCUT2D eigenvalue weighted by atomic mass is 15.1. The largest absolute Gasteiger partial charge is 0.312 e. The van der Waals surface area contributed by atoms with Crippen LogP contribution in [0, 0.1) is 11.3 Å². The lowest BCUT2D eigenvalue weighted by molar-refractivity contribution is 0.170. The average Bonchev–Trinajstić information content (AvgIpc) is 1.97. The topological polar surface area (TPSA) is 15.3 Å². The van der Waals surface area contributed by atoms with Crippen molar-refractivity contribution < 1.29 is 0 Å². The summed E-state index contributed by atoms with van der Waals surface area (Å²) in [7, 11) is 2.22. The van der Waals surface area contributed by atoms with E-state index in [0.29, 0.717) is 11.5 Å². The standard InChI is InChI=1S/C12H26N2/c1-10-6-11(8-14(5)7-10)13-9-12(2,3)4/h10-11,13H,6-9H2,1-5H3. The molecule has 0 radical (unpaired) electrons. The van der Waals surface area contributed by atoms with E-state index in [4.69, 9.17) is 0 Å². The molecule has 84 valence electrons. The van der Waals surface area contributed by atoms with Crippen LogP contribution in [0.15, 0.2) is 0 Å². The minimum Gasteiger partial charge on any atom is -0.312 e. The number of piperidine rings is 1. The molecule has 0 aromatic heterocycles. The van der Waals surface area contributed by atoms with Gasteiger partial charge in [-0.05, 0) is 24.8 Å². The fourth-order valence-electron chi connectivity index (χ4n) is 2.22. The fraction of sp³-hybridized carbons (Fsp3) is 1.00. The van der Waals surface area contributed by atoms with Crippen LogP contribution in [0.25, 0.3) is 0 Å². The van der Waals surface area contributed by atoms with Gasteiger partial charge in [-0.2, -0.15) is 0 Å². The van der Waals surface area contributed by atoms with Gasteiger partial charge in [-0.1, -0.05) is 27.7 Å². The molecule has 1 heterocycles. The average molecular weight is 198 g/mol. The molecule has 2 nitrogen and oxygen atoms in total. The van der Waals surface area contributed by atoms with Crippen molar-refractivity contribution in [3.05, 3.63) is 0 Å². The molecule has 0 aromatic rings. The van der Waals surface area contributed by atoms with E-state index in [1.807, 2.05) is 0 Å². The molecule has 1 rings (SSSR count). The molecule has 14 heavy (non-hydrogen) atoms. The monoisotopic (exact) mass is 198 g/mol. The van der Waals surface area contributed by atoms with E-state index in [2.05, 4.69) is 45.0 Å². The van der Waals surface area contributed by atoms with E-state index < -0.39 is 0 Å². The Hall–Kier alpha value is -0.0800. The van der Waals surface area contributed by atoms with Crippen molar-refractivity contribution in [1.82, 2.24) is 10.2 Å². The van der Waals surface area contributed by atoms with Crippen molar-refractivity contribution in [3.63, 3.8) is 0 Å². The molecule has 0 spiro atoms. The SMILES string of the molecule is CC1CC(NCC(C)(C)C)CN(C)C1. The summed E-state index contributed by atoms with van der Waals surface area (Å²) in [6.45, 7) is 12.8. The van der Waals surface area contributed by atoms with Crippen molar-refractivity contribution in [2.24, 2.45) is 11.3 Å². The van der Waals surface area contributed by atoms with Gasteiger partial charge >= 0.3 is 0 Å². The van der Waals surface area contributed by atoms with Crippen molar-refractivity contribution in [2.45, 2.75) is 40.2 Å². The van der Waals surface area contributed by atoms with Crippen molar-refractivity contribution in [2.75, 3.05) is 26.7 Å². The molecule has 2 unspecified atom stereocenters. The second kappa shape index (κ2) is 4.63. The Morgan fingerprint density at radius 2 is 1.93 bits per heavy atom. The Kier molecular flexibility index (Phi) is 3.96. The van der Waals surface area contributed by atoms with E-state index in [1.54, 1.807) is 0 Å². The smallest absolute Gasteiger partial charge is 0.0198 e. The number of likely N-dealkylation sites (tertiary alicyclic amines) is 1. The zero-order valence-electron chi connectivity index (χ0n) is 10.4. The number of hydrogen-bond donors (Lipinski definition) is 1. The van der Waals surface area contributed by atoms with Crippen molar-refractivity contribution in [1.29, 1.82) is 0 Å². The number of rotatable bonds is 2. The quantitative estimate of drug-likeness (QED) is 0.730. The van der Waals surface area contributed by atoms with Gasteiger partial charge in [0.2, 0.25) is 0 Å². The highest BCUT2D eigenvalue weighted by Crippen LogP contribution is 2.17. The van der Waals surface area contributed by atoms with Crippen LogP contribution in [-0.4, -0.2) is 37.6 Å². The van der Waals surface area contributed by atoms with Gasteiger partial charge in [-0.25, -0.2) is 0 Å². The third-order valence-electron chi connectivity index (χ3n) is 2.76. The molecule has 1 aliphatic rings. The summed E-state index contributed by atoms with van der Waals surface area (Å²) < 4.78 is 0. The lowest BCUT2D eigenvalue weighted by Gasteiger charge is -2.36. The minimum absolute atomic E-state index is 0.402. The molecule has 0 amide bonds. The Morgan fingerprint density at radius 1 is 1.29 bits per heavy atom. The van der Waals surface area contributed by atoms with Crippen LogP contribution in [0.5, 0.6) is 0 Å². The van der Waals surface area contributed by atoms with Crippen LogP contribution in [0.4, 0.5) is 0 Å². The summed E-state index contributed by atoms with van der Waals surface area (Å²) in [6.07, 6.45) is 1.33. The Labute approximate surface area is 89.1 Å². The van der Waals surface area contributed by atoms with Gasteiger partial charge in [0.15, 0.2) is 0 Å². The van der Waals surface area contributed by atoms with Crippen LogP contribution < -0.4 is 5.32 Å². The minimum atomic E-state index is 0.402.